The Morgan fingerprint density at radius 2 is 2.29 bits per heavy atom. The zero-order valence-electron chi connectivity index (χ0n) is 11.4. The molecule has 1 saturated heterocycles. The molecule has 1 atom stereocenters. The van der Waals surface area contributed by atoms with Crippen LogP contribution < -0.4 is 16.0 Å². The molecule has 0 bridgehead atoms. The number of anilines is 1. The van der Waals surface area contributed by atoms with Crippen LogP contribution in [0.25, 0.3) is 0 Å². The number of nitrogen functional groups attached to an aromatic ring is 1. The Morgan fingerprint density at radius 3 is 2.81 bits per heavy atom. The van der Waals surface area contributed by atoms with E-state index in [-0.39, 0.29) is 20.9 Å². The number of sulfonamides is 1. The van der Waals surface area contributed by atoms with E-state index in [1.165, 1.54) is 0 Å². The van der Waals surface area contributed by atoms with Crippen LogP contribution in [0.15, 0.2) is 10.3 Å². The van der Waals surface area contributed by atoms with Gasteiger partial charge in [0.05, 0.1) is 4.92 Å². The number of hydrogen-bond donors (Lipinski definition) is 3. The molecule has 0 aromatic carbocycles. The van der Waals surface area contributed by atoms with Crippen LogP contribution in [-0.4, -0.2) is 44.4 Å². The molecule has 1 aliphatic heterocycles. The lowest BCUT2D eigenvalue weighted by atomic mass is 10.1. The summed E-state index contributed by atoms with van der Waals surface area (Å²) in [6.45, 7) is 1.55. The third-order valence-electron chi connectivity index (χ3n) is 3.23. The van der Waals surface area contributed by atoms with Gasteiger partial charge in [-0.05, 0) is 26.4 Å². The first kappa shape index (κ1) is 16.1. The van der Waals surface area contributed by atoms with E-state index >= 15 is 0 Å². The second-order valence-corrected chi connectivity index (χ2v) is 7.90. The molecule has 21 heavy (non-hydrogen) atoms. The third-order valence-corrected chi connectivity index (χ3v) is 6.28. The van der Waals surface area contributed by atoms with Crippen molar-refractivity contribution < 1.29 is 13.3 Å². The number of hydrazine groups is 1. The largest absolute Gasteiger partial charge is 0.310 e. The highest BCUT2D eigenvalue weighted by molar-refractivity contribution is 7.91. The first-order chi connectivity index (χ1) is 9.83. The SMILES string of the molecule is CN1CCCC(NS(=O)(=O)c2cc([N+](=O)[O-])c(NN)s2)C1. The second-order valence-electron chi connectivity index (χ2n) is 4.90. The predicted octanol–water partition coefficient (Wildman–Crippen LogP) is 0.314. The lowest BCUT2D eigenvalue weighted by Crippen LogP contribution is -2.46. The summed E-state index contributed by atoms with van der Waals surface area (Å²) >= 11 is 0.742. The summed E-state index contributed by atoms with van der Waals surface area (Å²) in [5.41, 5.74) is 1.81. The van der Waals surface area contributed by atoms with E-state index in [1.807, 2.05) is 11.9 Å². The number of rotatable bonds is 5. The highest BCUT2D eigenvalue weighted by Gasteiger charge is 2.29. The van der Waals surface area contributed by atoms with Gasteiger partial charge < -0.3 is 10.3 Å². The van der Waals surface area contributed by atoms with Crippen LogP contribution in [0.5, 0.6) is 0 Å². The molecule has 0 aliphatic carbocycles. The van der Waals surface area contributed by atoms with Gasteiger partial charge in [0.2, 0.25) is 0 Å². The molecule has 1 fully saturated rings. The normalized spacial score (nSPS) is 20.4. The van der Waals surface area contributed by atoms with E-state index in [0.29, 0.717) is 6.54 Å². The Bertz CT molecular complexity index is 629. The van der Waals surface area contributed by atoms with Crippen molar-refractivity contribution in [1.82, 2.24) is 9.62 Å². The number of nitrogens with two attached hydrogens (primary N) is 1. The van der Waals surface area contributed by atoms with Crippen molar-refractivity contribution in [2.75, 3.05) is 25.6 Å². The number of thiophene rings is 1. The number of nitrogens with one attached hydrogen (secondary N) is 2. The number of nitro groups is 1. The van der Waals surface area contributed by atoms with E-state index in [0.717, 1.165) is 36.8 Å². The molecule has 9 nitrogen and oxygen atoms in total. The quantitative estimate of drug-likeness (QED) is 0.401. The van der Waals surface area contributed by atoms with Gasteiger partial charge in [-0.3, -0.25) is 10.1 Å². The summed E-state index contributed by atoms with van der Waals surface area (Å²) in [6.07, 6.45) is 1.66. The molecule has 2 heterocycles. The van der Waals surface area contributed by atoms with Gasteiger partial charge in [-0.25, -0.2) is 19.0 Å². The minimum absolute atomic E-state index is 0.0149. The van der Waals surface area contributed by atoms with Crippen molar-refractivity contribution in [2.24, 2.45) is 5.84 Å². The fourth-order valence-electron chi connectivity index (χ4n) is 2.27. The molecule has 4 N–H and O–H groups in total. The fraction of sp³-hybridized carbons (Fsp3) is 0.600. The Morgan fingerprint density at radius 1 is 1.57 bits per heavy atom. The van der Waals surface area contributed by atoms with Crippen LogP contribution in [0.1, 0.15) is 12.8 Å². The van der Waals surface area contributed by atoms with Crippen molar-refractivity contribution in [3.8, 4) is 0 Å². The van der Waals surface area contributed by atoms with Crippen molar-refractivity contribution in [3.63, 3.8) is 0 Å². The molecule has 0 amide bonds. The number of piperidine rings is 1. The van der Waals surface area contributed by atoms with Gasteiger partial charge in [-0.1, -0.05) is 11.3 Å². The monoisotopic (exact) mass is 335 g/mol. The topological polar surface area (TPSA) is 131 Å². The van der Waals surface area contributed by atoms with E-state index in [9.17, 15) is 18.5 Å². The standard InChI is InChI=1S/C10H17N5O4S2/c1-14-4-2-3-7(6-14)13-21(18,19)9-5-8(15(16)17)10(12-11)20-9/h5,7,12-13H,2-4,6,11H2,1H3. The molecule has 0 saturated carbocycles. The van der Waals surface area contributed by atoms with Crippen molar-refractivity contribution in [2.45, 2.75) is 23.1 Å². The Labute approximate surface area is 126 Å². The molecular formula is C10H17N5O4S2. The average Bonchev–Trinajstić information content (AvgIpc) is 2.83. The van der Waals surface area contributed by atoms with Gasteiger partial charge in [0.25, 0.3) is 10.0 Å². The molecule has 2 rings (SSSR count). The van der Waals surface area contributed by atoms with Crippen LogP contribution in [-0.2, 0) is 10.0 Å². The van der Waals surface area contributed by atoms with E-state index in [1.54, 1.807) is 0 Å². The summed E-state index contributed by atoms with van der Waals surface area (Å²) in [5, 5.41) is 10.9. The maximum atomic E-state index is 12.3. The van der Waals surface area contributed by atoms with E-state index in [2.05, 4.69) is 10.1 Å². The zero-order chi connectivity index (χ0) is 15.6. The van der Waals surface area contributed by atoms with E-state index < -0.39 is 14.9 Å². The number of likely N-dealkylation sites (N-methyl/N-ethyl adjacent to an activating group) is 1. The smallest absolute Gasteiger partial charge is 0.306 e. The highest BCUT2D eigenvalue weighted by atomic mass is 32.2. The average molecular weight is 335 g/mol. The molecule has 0 radical (unpaired) electrons. The number of nitrogens with zero attached hydrogens (tertiary/aromatic N) is 2. The van der Waals surface area contributed by atoms with Crippen LogP contribution in [0.3, 0.4) is 0 Å². The predicted molar refractivity (Wildman–Crippen MR) is 79.6 cm³/mol. The van der Waals surface area contributed by atoms with Crippen LogP contribution in [0, 0.1) is 10.1 Å². The Hall–Kier alpha value is -1.27. The molecule has 1 aromatic rings. The van der Waals surface area contributed by atoms with Crippen molar-refractivity contribution >= 4 is 32.0 Å². The number of likely N-dealkylation sites (tertiary alicyclic amines) is 1. The van der Waals surface area contributed by atoms with Gasteiger partial charge in [0.15, 0.2) is 5.00 Å². The first-order valence-corrected chi connectivity index (χ1v) is 8.59. The third kappa shape index (κ3) is 3.68. The van der Waals surface area contributed by atoms with Gasteiger partial charge >= 0.3 is 5.69 Å². The zero-order valence-corrected chi connectivity index (χ0v) is 13.0. The maximum Gasteiger partial charge on any atom is 0.306 e. The molecule has 1 unspecified atom stereocenters. The van der Waals surface area contributed by atoms with Crippen LogP contribution >= 0.6 is 11.3 Å². The van der Waals surface area contributed by atoms with Gasteiger partial charge in [0.1, 0.15) is 4.21 Å². The van der Waals surface area contributed by atoms with Crippen LogP contribution in [0.2, 0.25) is 0 Å². The summed E-state index contributed by atoms with van der Waals surface area (Å²) in [5.74, 6) is 5.18. The Balaban J connectivity index is 2.21. The summed E-state index contributed by atoms with van der Waals surface area (Å²) in [4.78, 5) is 12.2. The van der Waals surface area contributed by atoms with Gasteiger partial charge in [-0.15, -0.1) is 0 Å². The lowest BCUT2D eigenvalue weighted by molar-refractivity contribution is -0.383. The van der Waals surface area contributed by atoms with Crippen molar-refractivity contribution in [3.05, 3.63) is 16.2 Å². The first-order valence-electron chi connectivity index (χ1n) is 6.29. The van der Waals surface area contributed by atoms with E-state index in [4.69, 9.17) is 5.84 Å². The molecule has 11 heteroatoms. The Kier molecular flexibility index (Phi) is 4.78. The summed E-state index contributed by atoms with van der Waals surface area (Å²) in [7, 11) is -1.86. The molecule has 1 aliphatic rings. The van der Waals surface area contributed by atoms with Gasteiger partial charge in [0, 0.05) is 18.7 Å². The van der Waals surface area contributed by atoms with Gasteiger partial charge in [-0.2, -0.15) is 0 Å². The minimum atomic E-state index is -3.79. The maximum absolute atomic E-state index is 12.3. The molecular weight excluding hydrogens is 318 g/mol. The minimum Gasteiger partial charge on any atom is -0.310 e. The molecule has 1 aromatic heterocycles. The second kappa shape index (κ2) is 6.23. The molecule has 0 spiro atoms. The highest BCUT2D eigenvalue weighted by Crippen LogP contribution is 2.36. The lowest BCUT2D eigenvalue weighted by Gasteiger charge is -2.29. The summed E-state index contributed by atoms with van der Waals surface area (Å²) in [6, 6.07) is 0.832. The van der Waals surface area contributed by atoms with Crippen molar-refractivity contribution in [1.29, 1.82) is 0 Å². The number of hydrogen-bond acceptors (Lipinski definition) is 8. The van der Waals surface area contributed by atoms with Crippen LogP contribution in [0.4, 0.5) is 10.7 Å². The fourth-order valence-corrected chi connectivity index (χ4v) is 4.79. The molecule has 118 valence electrons. The summed E-state index contributed by atoms with van der Waals surface area (Å²) < 4.78 is 27.1.